The van der Waals surface area contributed by atoms with Crippen molar-refractivity contribution in [1.82, 2.24) is 14.8 Å². The standard InChI is InChI=1S/C13H17N3O3P.Li/c1-3-18-20(17,19-4-2)13-14-11-15-16(13)10-12-8-6-5-7-9-12;/h5-11H,3-4H2,1-2H3;/q-1;+1. The number of nitrogens with zero attached hydrogens (tertiary/aromatic N) is 3. The number of benzene rings is 1. The molecule has 0 bridgehead atoms. The Morgan fingerprint density at radius 1 is 1.19 bits per heavy atom. The topological polar surface area (TPSA) is 66.2 Å². The van der Waals surface area contributed by atoms with Gasteiger partial charge in [0, 0.05) is 0 Å². The number of hydrogen-bond acceptors (Lipinski definition) is 5. The fraction of sp³-hybridized carbons (Fsp3) is 0.308. The van der Waals surface area contributed by atoms with Gasteiger partial charge in [0.05, 0.1) is 13.2 Å². The van der Waals surface area contributed by atoms with Crippen LogP contribution in [0.4, 0.5) is 0 Å². The van der Waals surface area contributed by atoms with E-state index in [0.717, 1.165) is 5.56 Å². The van der Waals surface area contributed by atoms with Crippen molar-refractivity contribution < 1.29 is 32.5 Å². The molecule has 0 radical (unpaired) electrons. The minimum absolute atomic E-state index is 0. The second kappa shape index (κ2) is 8.43. The van der Waals surface area contributed by atoms with Crippen LogP contribution in [0.25, 0.3) is 0 Å². The summed E-state index contributed by atoms with van der Waals surface area (Å²) in [5.74, 6) is 0. The molecule has 2 aromatic rings. The molecule has 0 aliphatic heterocycles. The Kier molecular flexibility index (Phi) is 7.23. The first-order valence-corrected chi connectivity index (χ1v) is 7.93. The van der Waals surface area contributed by atoms with E-state index in [-0.39, 0.29) is 37.6 Å². The predicted octanol–water partition coefficient (Wildman–Crippen LogP) is -0.768. The van der Waals surface area contributed by atoms with E-state index < -0.39 is 7.60 Å². The molecule has 0 atom stereocenters. The van der Waals surface area contributed by atoms with Crippen LogP contribution in [-0.2, 0) is 13.6 Å². The van der Waals surface area contributed by atoms with Crippen molar-refractivity contribution in [2.45, 2.75) is 13.8 Å². The van der Waals surface area contributed by atoms with E-state index in [2.05, 4.69) is 10.1 Å². The zero-order chi connectivity index (χ0) is 14.4. The van der Waals surface area contributed by atoms with E-state index in [9.17, 15) is 4.57 Å². The first kappa shape index (κ1) is 18.0. The summed E-state index contributed by atoms with van der Waals surface area (Å²) < 4.78 is 24.7. The molecular formula is C13H17LiN3O3P. The van der Waals surface area contributed by atoms with Crippen LogP contribution in [-0.4, -0.2) is 28.0 Å². The molecule has 0 unspecified atom stereocenters. The van der Waals surface area contributed by atoms with E-state index in [0.29, 0.717) is 0 Å². The summed E-state index contributed by atoms with van der Waals surface area (Å²) in [6, 6.07) is 9.57. The molecule has 108 valence electrons. The second-order valence-electron chi connectivity index (χ2n) is 3.88. The summed E-state index contributed by atoms with van der Waals surface area (Å²) >= 11 is 0. The van der Waals surface area contributed by atoms with Crippen LogP contribution in [0.2, 0.25) is 0 Å². The van der Waals surface area contributed by atoms with Crippen LogP contribution >= 0.6 is 7.60 Å². The monoisotopic (exact) mass is 301 g/mol. The van der Waals surface area contributed by atoms with Crippen LogP contribution in [0.3, 0.4) is 0 Å². The third kappa shape index (κ3) is 4.47. The van der Waals surface area contributed by atoms with Crippen molar-refractivity contribution in [3.63, 3.8) is 0 Å². The maximum absolute atomic E-state index is 12.7. The van der Waals surface area contributed by atoms with Gasteiger partial charge in [-0.15, -0.1) is 29.8 Å². The average molecular weight is 301 g/mol. The molecule has 6 nitrogen and oxygen atoms in total. The van der Waals surface area contributed by atoms with Gasteiger partial charge >= 0.3 is 26.5 Å². The van der Waals surface area contributed by atoms with E-state index in [1.165, 1.54) is 11.0 Å². The molecule has 0 saturated carbocycles. The third-order valence-corrected chi connectivity index (χ3v) is 4.47. The zero-order valence-corrected chi connectivity index (χ0v) is 13.4. The number of rotatable bonds is 7. The molecule has 0 aliphatic rings. The Hall–Kier alpha value is -1.02. The molecule has 0 saturated heterocycles. The summed E-state index contributed by atoms with van der Waals surface area (Å²) in [5.41, 5.74) is 1.10. The van der Waals surface area contributed by atoms with Crippen molar-refractivity contribution >= 4 is 13.2 Å². The van der Waals surface area contributed by atoms with Crippen molar-refractivity contribution in [3.8, 4) is 0 Å². The Bertz CT molecular complexity index is 581. The van der Waals surface area contributed by atoms with Crippen molar-refractivity contribution in [2.24, 2.45) is 0 Å². The van der Waals surface area contributed by atoms with Gasteiger partial charge in [0.2, 0.25) is 0 Å². The Morgan fingerprint density at radius 2 is 1.81 bits per heavy atom. The van der Waals surface area contributed by atoms with E-state index in [4.69, 9.17) is 9.05 Å². The maximum atomic E-state index is 12.7. The summed E-state index contributed by atoms with van der Waals surface area (Å²) in [6.45, 7) is 5.79. The van der Waals surface area contributed by atoms with Crippen LogP contribution in [0.1, 0.15) is 19.4 Å². The Balaban J connectivity index is 0.00000220. The van der Waals surface area contributed by atoms with Crippen molar-refractivity contribution in [3.05, 3.63) is 48.8 Å². The molecular weight excluding hydrogens is 284 g/mol. The Labute approximate surface area is 136 Å². The maximum Gasteiger partial charge on any atom is 1.00 e. The second-order valence-corrected chi connectivity index (χ2v) is 5.79. The summed E-state index contributed by atoms with van der Waals surface area (Å²) in [4.78, 5) is 4.03. The molecule has 8 heteroatoms. The molecule has 2 rings (SSSR count). The van der Waals surface area contributed by atoms with E-state index in [1.54, 1.807) is 20.4 Å². The van der Waals surface area contributed by atoms with Crippen LogP contribution in [0.5, 0.6) is 0 Å². The Morgan fingerprint density at radius 3 is 2.38 bits per heavy atom. The molecule has 1 aromatic carbocycles. The zero-order valence-electron chi connectivity index (χ0n) is 12.5. The van der Waals surface area contributed by atoms with Gasteiger partial charge in [-0.2, -0.15) is 5.10 Å². The average Bonchev–Trinajstić information content (AvgIpc) is 2.89. The molecule has 0 aliphatic carbocycles. The molecule has 0 spiro atoms. The molecule has 0 amide bonds. The van der Waals surface area contributed by atoms with Crippen LogP contribution in [0, 0.1) is 6.54 Å². The smallest absolute Gasteiger partial charge is 0.310 e. The van der Waals surface area contributed by atoms with Gasteiger partial charge in [0.25, 0.3) is 0 Å². The quantitative estimate of drug-likeness (QED) is 0.382. The third-order valence-electron chi connectivity index (χ3n) is 2.47. The first-order chi connectivity index (χ1) is 9.69. The first-order valence-electron chi connectivity index (χ1n) is 6.38. The SMILES string of the molecule is CCOP(=O)(OCC)c1ncnn1[CH-]c1ccccc1.[Li+]. The van der Waals surface area contributed by atoms with Crippen LogP contribution in [0.15, 0.2) is 36.7 Å². The normalized spacial score (nSPS) is 11.0. The van der Waals surface area contributed by atoms with Crippen molar-refractivity contribution in [1.29, 1.82) is 0 Å². The fourth-order valence-corrected chi connectivity index (χ4v) is 3.24. The molecule has 1 heterocycles. The van der Waals surface area contributed by atoms with E-state index in [1.807, 2.05) is 30.3 Å². The van der Waals surface area contributed by atoms with Gasteiger partial charge in [-0.3, -0.25) is 14.2 Å². The molecule has 0 fully saturated rings. The molecule has 1 aromatic heterocycles. The van der Waals surface area contributed by atoms with Gasteiger partial charge in [0.1, 0.15) is 6.33 Å². The summed E-state index contributed by atoms with van der Waals surface area (Å²) in [6.07, 6.45) is 1.33. The van der Waals surface area contributed by atoms with Gasteiger partial charge < -0.3 is 9.05 Å². The van der Waals surface area contributed by atoms with Crippen LogP contribution < -0.4 is 24.4 Å². The van der Waals surface area contributed by atoms with Gasteiger partial charge in [-0.25, -0.2) is 0 Å². The van der Waals surface area contributed by atoms with Crippen molar-refractivity contribution in [2.75, 3.05) is 13.2 Å². The van der Waals surface area contributed by atoms with Gasteiger partial charge in [-0.05, 0) is 13.8 Å². The predicted molar refractivity (Wildman–Crippen MR) is 75.8 cm³/mol. The van der Waals surface area contributed by atoms with Gasteiger partial charge in [-0.1, -0.05) is 12.6 Å². The largest absolute Gasteiger partial charge is 1.00 e. The molecule has 0 N–H and O–H groups in total. The number of hydrogen-bond donors (Lipinski definition) is 0. The molecule has 21 heavy (non-hydrogen) atoms. The summed E-state index contributed by atoms with van der Waals surface area (Å²) in [5, 5.41) is 4.06. The van der Waals surface area contributed by atoms with E-state index >= 15 is 0 Å². The minimum Gasteiger partial charge on any atom is -0.310 e. The minimum atomic E-state index is -3.44. The fourth-order valence-electron chi connectivity index (χ4n) is 1.70. The number of aromatic nitrogens is 3. The van der Waals surface area contributed by atoms with Gasteiger partial charge in [0.15, 0.2) is 5.57 Å². The summed E-state index contributed by atoms with van der Waals surface area (Å²) in [7, 11) is -3.44.